The highest BCUT2D eigenvalue weighted by Crippen LogP contribution is 1.94. The number of hydrogen-bond acceptors (Lipinski definition) is 4. The Morgan fingerprint density at radius 3 is 1.56 bits per heavy atom. The van der Waals surface area contributed by atoms with Gasteiger partial charge in [0, 0.05) is 48.7 Å². The summed E-state index contributed by atoms with van der Waals surface area (Å²) in [7, 11) is 0. The van der Waals surface area contributed by atoms with E-state index in [4.69, 9.17) is 11.5 Å². The lowest BCUT2D eigenvalue weighted by atomic mass is 10.2. The molecule has 2 heterocycles. The van der Waals surface area contributed by atoms with Crippen LogP contribution in [0.1, 0.15) is 25.2 Å². The van der Waals surface area contributed by atoms with Crippen LogP contribution in [0.5, 0.6) is 0 Å². The average Bonchev–Trinajstić information content (AvgIpc) is 2.90. The lowest BCUT2D eigenvalue weighted by Gasteiger charge is -1.99. The van der Waals surface area contributed by atoms with E-state index in [1.54, 1.807) is 25.0 Å². The van der Waals surface area contributed by atoms with Crippen LogP contribution in [0.15, 0.2) is 25.0 Å². The number of rotatable bonds is 4. The van der Waals surface area contributed by atoms with Gasteiger partial charge in [0.15, 0.2) is 0 Å². The molecule has 0 aromatic carbocycles. The van der Waals surface area contributed by atoms with Crippen LogP contribution in [0.4, 0.5) is 0 Å². The fourth-order valence-corrected chi connectivity index (χ4v) is 1.49. The summed E-state index contributed by atoms with van der Waals surface area (Å²) in [5, 5.41) is 0. The highest BCUT2D eigenvalue weighted by Gasteiger charge is 1.96. The third kappa shape index (κ3) is 6.17. The number of hydrogen-bond donors (Lipinski definition) is 4. The van der Waals surface area contributed by atoms with E-state index in [2.05, 4.69) is 19.9 Å². The van der Waals surface area contributed by atoms with Crippen molar-refractivity contribution in [2.45, 2.75) is 38.8 Å². The molecule has 0 bridgehead atoms. The largest absolute Gasteiger partial charge is 0.348 e. The molecule has 0 spiro atoms. The zero-order valence-corrected chi connectivity index (χ0v) is 10.9. The Morgan fingerprint density at radius 1 is 0.944 bits per heavy atom. The molecular weight excluding hydrogens is 228 g/mol. The minimum atomic E-state index is 0.213. The van der Waals surface area contributed by atoms with Crippen molar-refractivity contribution in [3.63, 3.8) is 0 Å². The first-order chi connectivity index (χ1) is 8.58. The van der Waals surface area contributed by atoms with Gasteiger partial charge in [-0.3, -0.25) is 0 Å². The topological polar surface area (TPSA) is 109 Å². The maximum Gasteiger partial charge on any atom is 0.0921 e. The first-order valence-corrected chi connectivity index (χ1v) is 6.03. The van der Waals surface area contributed by atoms with Crippen molar-refractivity contribution < 1.29 is 0 Å². The van der Waals surface area contributed by atoms with Crippen molar-refractivity contribution in [1.29, 1.82) is 0 Å². The molecule has 18 heavy (non-hydrogen) atoms. The third-order valence-corrected chi connectivity index (χ3v) is 2.19. The molecule has 0 saturated carbocycles. The van der Waals surface area contributed by atoms with E-state index < -0.39 is 0 Å². The van der Waals surface area contributed by atoms with E-state index in [0.29, 0.717) is 0 Å². The molecule has 0 fully saturated rings. The molecule has 6 heteroatoms. The van der Waals surface area contributed by atoms with Crippen LogP contribution in [-0.2, 0) is 12.8 Å². The predicted octanol–water partition coefficient (Wildman–Crippen LogP) is 0.599. The van der Waals surface area contributed by atoms with E-state index in [1.165, 1.54) is 0 Å². The van der Waals surface area contributed by atoms with E-state index in [1.807, 2.05) is 13.8 Å². The van der Waals surface area contributed by atoms with Crippen LogP contribution in [0.2, 0.25) is 0 Å². The minimum Gasteiger partial charge on any atom is -0.348 e. The van der Waals surface area contributed by atoms with Gasteiger partial charge in [0.1, 0.15) is 0 Å². The van der Waals surface area contributed by atoms with Gasteiger partial charge < -0.3 is 21.4 Å². The standard InChI is InChI=1S/2C6H11N3/c2*1-5(7)2-6-3-8-4-9-6/h2*3-5H,2,7H2,1H3,(H,8,9)/t2*5-/m11/s1. The molecule has 6 N–H and O–H groups in total. The lowest BCUT2D eigenvalue weighted by Crippen LogP contribution is -2.17. The SMILES string of the molecule is C[C@@H](N)Cc1cnc[nH]1.C[C@@H](N)Cc1cnc[nH]1. The molecule has 2 atom stereocenters. The fraction of sp³-hybridized carbons (Fsp3) is 0.500. The summed E-state index contributed by atoms with van der Waals surface area (Å²) in [5.41, 5.74) is 13.3. The maximum absolute atomic E-state index is 5.54. The van der Waals surface area contributed by atoms with Crippen LogP contribution in [0, 0.1) is 0 Å². The highest BCUT2D eigenvalue weighted by atomic mass is 14.9. The first-order valence-electron chi connectivity index (χ1n) is 6.03. The van der Waals surface area contributed by atoms with Crippen LogP contribution >= 0.6 is 0 Å². The van der Waals surface area contributed by atoms with E-state index >= 15 is 0 Å². The molecule has 2 aromatic heterocycles. The third-order valence-electron chi connectivity index (χ3n) is 2.19. The number of aromatic amines is 2. The Labute approximate surface area is 107 Å². The number of H-pyrrole nitrogens is 2. The monoisotopic (exact) mass is 250 g/mol. The second-order valence-corrected chi connectivity index (χ2v) is 4.52. The average molecular weight is 250 g/mol. The van der Waals surface area contributed by atoms with Gasteiger partial charge >= 0.3 is 0 Å². The Hall–Kier alpha value is -1.66. The molecule has 0 aliphatic rings. The summed E-state index contributed by atoms with van der Waals surface area (Å²) in [5.74, 6) is 0. The fourth-order valence-electron chi connectivity index (χ4n) is 1.49. The number of imidazole rings is 2. The van der Waals surface area contributed by atoms with Gasteiger partial charge in [-0.25, -0.2) is 9.97 Å². The second kappa shape index (κ2) is 7.62. The smallest absolute Gasteiger partial charge is 0.0921 e. The number of aromatic nitrogens is 4. The molecular formula is C12H22N6. The maximum atomic E-state index is 5.54. The molecule has 0 aliphatic carbocycles. The van der Waals surface area contributed by atoms with Crippen molar-refractivity contribution in [3.05, 3.63) is 36.4 Å². The quantitative estimate of drug-likeness (QED) is 0.637. The summed E-state index contributed by atoms with van der Waals surface area (Å²) in [6, 6.07) is 0.427. The van der Waals surface area contributed by atoms with Crippen molar-refractivity contribution in [3.8, 4) is 0 Å². The highest BCUT2D eigenvalue weighted by molar-refractivity contribution is 4.96. The van der Waals surface area contributed by atoms with Crippen molar-refractivity contribution in [2.75, 3.05) is 0 Å². The van der Waals surface area contributed by atoms with Crippen LogP contribution in [0.3, 0.4) is 0 Å². The van der Waals surface area contributed by atoms with Gasteiger partial charge in [0.2, 0.25) is 0 Å². The van der Waals surface area contributed by atoms with Gasteiger partial charge in [-0.2, -0.15) is 0 Å². The molecule has 0 unspecified atom stereocenters. The lowest BCUT2D eigenvalue weighted by molar-refractivity contribution is 0.725. The zero-order valence-electron chi connectivity index (χ0n) is 10.9. The Balaban J connectivity index is 0.000000180. The predicted molar refractivity (Wildman–Crippen MR) is 71.9 cm³/mol. The van der Waals surface area contributed by atoms with Crippen LogP contribution < -0.4 is 11.5 Å². The van der Waals surface area contributed by atoms with E-state index in [-0.39, 0.29) is 12.1 Å². The van der Waals surface area contributed by atoms with Crippen LogP contribution in [0.25, 0.3) is 0 Å². The van der Waals surface area contributed by atoms with Gasteiger partial charge in [-0.1, -0.05) is 0 Å². The van der Waals surface area contributed by atoms with Crippen LogP contribution in [-0.4, -0.2) is 32.0 Å². The molecule has 2 rings (SSSR count). The van der Waals surface area contributed by atoms with Gasteiger partial charge in [-0.05, 0) is 13.8 Å². The van der Waals surface area contributed by atoms with Crippen molar-refractivity contribution in [1.82, 2.24) is 19.9 Å². The summed E-state index contributed by atoms with van der Waals surface area (Å²) >= 11 is 0. The zero-order chi connectivity index (χ0) is 13.4. The molecule has 2 aromatic rings. The molecule has 0 amide bonds. The molecule has 0 aliphatic heterocycles. The van der Waals surface area contributed by atoms with Crippen molar-refractivity contribution in [2.24, 2.45) is 11.5 Å². The van der Waals surface area contributed by atoms with E-state index in [9.17, 15) is 0 Å². The van der Waals surface area contributed by atoms with Crippen molar-refractivity contribution >= 4 is 0 Å². The summed E-state index contributed by atoms with van der Waals surface area (Å²) < 4.78 is 0. The normalized spacial score (nSPS) is 13.6. The summed E-state index contributed by atoms with van der Waals surface area (Å²) in [4.78, 5) is 13.7. The summed E-state index contributed by atoms with van der Waals surface area (Å²) in [6.45, 7) is 3.95. The number of nitrogens with two attached hydrogens (primary N) is 2. The Kier molecular flexibility index (Phi) is 6.10. The van der Waals surface area contributed by atoms with Gasteiger partial charge in [0.25, 0.3) is 0 Å². The Morgan fingerprint density at radius 2 is 1.33 bits per heavy atom. The minimum absolute atomic E-state index is 0.213. The molecule has 100 valence electrons. The molecule has 0 radical (unpaired) electrons. The van der Waals surface area contributed by atoms with Gasteiger partial charge in [-0.15, -0.1) is 0 Å². The molecule has 6 nitrogen and oxygen atoms in total. The Bertz CT molecular complexity index is 350. The summed E-state index contributed by atoms with van der Waals surface area (Å²) in [6.07, 6.45) is 8.67. The number of nitrogens with zero attached hydrogens (tertiary/aromatic N) is 2. The first kappa shape index (κ1) is 14.4. The second-order valence-electron chi connectivity index (χ2n) is 4.52. The van der Waals surface area contributed by atoms with Gasteiger partial charge in [0.05, 0.1) is 12.7 Å². The van der Waals surface area contributed by atoms with E-state index in [0.717, 1.165) is 24.2 Å². The number of nitrogens with one attached hydrogen (secondary N) is 2. The molecule has 0 saturated heterocycles.